The van der Waals surface area contributed by atoms with Gasteiger partial charge < -0.3 is 9.64 Å². The predicted molar refractivity (Wildman–Crippen MR) is 146 cm³/mol. The lowest BCUT2D eigenvalue weighted by Gasteiger charge is -2.28. The normalized spacial score (nSPS) is 16.9. The number of fused-ring (bicyclic) bond motifs is 2. The van der Waals surface area contributed by atoms with Crippen LogP contribution in [-0.2, 0) is 11.2 Å². The number of halogens is 2. The molecule has 0 bridgehead atoms. The third-order valence-corrected chi connectivity index (χ3v) is 7.28. The lowest BCUT2D eigenvalue weighted by Crippen LogP contribution is -2.38. The van der Waals surface area contributed by atoms with Crippen LogP contribution in [0.15, 0.2) is 53.3 Å². The van der Waals surface area contributed by atoms with Crippen molar-refractivity contribution in [1.82, 2.24) is 15.0 Å². The summed E-state index contributed by atoms with van der Waals surface area (Å²) in [5.41, 5.74) is 6.25. The van der Waals surface area contributed by atoms with Crippen LogP contribution in [0.25, 0.3) is 33.8 Å². The van der Waals surface area contributed by atoms with E-state index in [0.29, 0.717) is 53.3 Å². The number of nitrogens with one attached hydrogen (secondary N) is 1. The Kier molecular flexibility index (Phi) is 6.25. The van der Waals surface area contributed by atoms with Crippen LogP contribution < -0.4 is 10.5 Å². The maximum atomic E-state index is 13.5. The first kappa shape index (κ1) is 23.2. The van der Waals surface area contributed by atoms with Crippen molar-refractivity contribution in [2.24, 2.45) is 0 Å². The fraction of sp³-hybridized carbons (Fsp3) is 0.250. The molecular weight excluding hydrogens is 495 g/mol. The van der Waals surface area contributed by atoms with Gasteiger partial charge in [-0.1, -0.05) is 47.5 Å². The van der Waals surface area contributed by atoms with Gasteiger partial charge in [-0.25, -0.2) is 4.98 Å². The number of anilines is 1. The highest BCUT2D eigenvalue weighted by atomic mass is 35.5. The van der Waals surface area contributed by atoms with Gasteiger partial charge in [0.05, 0.1) is 24.3 Å². The minimum Gasteiger partial charge on any atom is -0.378 e. The SMILES string of the molecule is O=c1[nH]c(N2CCOCC2)nc2nc3c(c(-c4ccc(Cl)cc4)c12)CCC/C3=C\c1ccc(Cl)cc1. The minimum atomic E-state index is -0.185. The van der Waals surface area contributed by atoms with E-state index in [2.05, 4.69) is 11.1 Å². The summed E-state index contributed by atoms with van der Waals surface area (Å²) in [6, 6.07) is 15.4. The molecule has 6 rings (SSSR count). The van der Waals surface area contributed by atoms with Crippen molar-refractivity contribution >= 4 is 51.8 Å². The smallest absolute Gasteiger partial charge is 0.262 e. The average molecular weight is 519 g/mol. The Balaban J connectivity index is 1.60. The van der Waals surface area contributed by atoms with Crippen LogP contribution in [0.2, 0.25) is 10.0 Å². The molecule has 36 heavy (non-hydrogen) atoms. The summed E-state index contributed by atoms with van der Waals surface area (Å²) in [5, 5.41) is 1.87. The molecule has 2 aliphatic rings. The van der Waals surface area contributed by atoms with E-state index in [4.69, 9.17) is 37.9 Å². The lowest BCUT2D eigenvalue weighted by molar-refractivity contribution is 0.122. The molecule has 0 spiro atoms. The highest BCUT2D eigenvalue weighted by Crippen LogP contribution is 2.40. The van der Waals surface area contributed by atoms with Gasteiger partial charge in [0, 0.05) is 28.7 Å². The Labute approximate surface area is 218 Å². The van der Waals surface area contributed by atoms with Crippen molar-refractivity contribution in [1.29, 1.82) is 0 Å². The molecule has 2 aromatic heterocycles. The maximum absolute atomic E-state index is 13.5. The van der Waals surface area contributed by atoms with Crippen LogP contribution in [0.1, 0.15) is 29.7 Å². The van der Waals surface area contributed by atoms with Gasteiger partial charge in [-0.3, -0.25) is 9.78 Å². The quantitative estimate of drug-likeness (QED) is 0.359. The van der Waals surface area contributed by atoms with Crippen LogP contribution in [0, 0.1) is 0 Å². The number of benzene rings is 2. The van der Waals surface area contributed by atoms with E-state index in [9.17, 15) is 4.79 Å². The number of aromatic nitrogens is 3. The van der Waals surface area contributed by atoms with E-state index >= 15 is 0 Å². The molecule has 0 saturated carbocycles. The van der Waals surface area contributed by atoms with Gasteiger partial charge in [0.25, 0.3) is 5.56 Å². The molecule has 0 radical (unpaired) electrons. The Morgan fingerprint density at radius 2 is 1.61 bits per heavy atom. The van der Waals surface area contributed by atoms with E-state index < -0.39 is 0 Å². The first-order valence-electron chi connectivity index (χ1n) is 12.1. The third-order valence-electron chi connectivity index (χ3n) is 6.77. The fourth-order valence-corrected chi connectivity index (χ4v) is 5.29. The second kappa shape index (κ2) is 9.69. The molecule has 6 nitrogen and oxygen atoms in total. The predicted octanol–water partition coefficient (Wildman–Crippen LogP) is 6.01. The van der Waals surface area contributed by atoms with Crippen molar-refractivity contribution in [3.8, 4) is 11.1 Å². The molecule has 1 fully saturated rings. The summed E-state index contributed by atoms with van der Waals surface area (Å²) < 4.78 is 5.47. The number of nitrogens with zero attached hydrogens (tertiary/aromatic N) is 3. The van der Waals surface area contributed by atoms with Crippen LogP contribution in [0.5, 0.6) is 0 Å². The number of pyridine rings is 1. The Morgan fingerprint density at radius 3 is 2.33 bits per heavy atom. The molecule has 2 aromatic carbocycles. The summed E-state index contributed by atoms with van der Waals surface area (Å²) in [6.45, 7) is 2.54. The Bertz CT molecular complexity index is 1520. The van der Waals surface area contributed by atoms with Crippen LogP contribution in [0.3, 0.4) is 0 Å². The van der Waals surface area contributed by atoms with E-state index in [-0.39, 0.29) is 5.56 Å². The molecule has 0 atom stereocenters. The second-order valence-electron chi connectivity index (χ2n) is 9.08. The van der Waals surface area contributed by atoms with Crippen LogP contribution >= 0.6 is 23.2 Å². The standard InChI is InChI=1S/C28H24Cl2N4O2/c29-20-8-4-17(5-9-20)16-19-2-1-3-22-23(18-6-10-21(30)11-7-18)24-26(31-25(19)22)32-28(33-27(24)35)34-12-14-36-15-13-34/h4-11,16H,1-3,12-15H2,(H,31,32,33,35)/b19-16+. The Hall–Kier alpha value is -3.19. The number of hydrogen-bond acceptors (Lipinski definition) is 5. The van der Waals surface area contributed by atoms with E-state index in [1.54, 1.807) is 0 Å². The van der Waals surface area contributed by atoms with Crippen molar-refractivity contribution in [2.45, 2.75) is 19.3 Å². The molecule has 1 aliphatic heterocycles. The van der Waals surface area contributed by atoms with Gasteiger partial charge in [-0.05, 0) is 71.9 Å². The van der Waals surface area contributed by atoms with Crippen molar-refractivity contribution in [3.63, 3.8) is 0 Å². The van der Waals surface area contributed by atoms with Crippen LogP contribution in [0.4, 0.5) is 5.95 Å². The molecule has 1 N–H and O–H groups in total. The number of allylic oxidation sites excluding steroid dienone is 1. The maximum Gasteiger partial charge on any atom is 0.262 e. The molecule has 4 aromatic rings. The number of ether oxygens (including phenoxy) is 1. The first-order chi connectivity index (χ1) is 17.6. The molecule has 0 unspecified atom stereocenters. The molecular formula is C28H24Cl2N4O2. The average Bonchev–Trinajstić information content (AvgIpc) is 2.90. The second-order valence-corrected chi connectivity index (χ2v) is 9.96. The summed E-state index contributed by atoms with van der Waals surface area (Å²) >= 11 is 12.3. The van der Waals surface area contributed by atoms with Gasteiger partial charge in [0.2, 0.25) is 5.95 Å². The topological polar surface area (TPSA) is 71.1 Å². The molecule has 3 heterocycles. The van der Waals surface area contributed by atoms with E-state index in [0.717, 1.165) is 52.8 Å². The number of morpholine rings is 1. The zero-order valence-corrected chi connectivity index (χ0v) is 21.1. The zero-order valence-electron chi connectivity index (χ0n) is 19.6. The fourth-order valence-electron chi connectivity index (χ4n) is 5.04. The van der Waals surface area contributed by atoms with Crippen molar-refractivity contribution in [2.75, 3.05) is 31.2 Å². The summed E-state index contributed by atoms with van der Waals surface area (Å²) in [7, 11) is 0. The van der Waals surface area contributed by atoms with Crippen molar-refractivity contribution < 1.29 is 4.74 Å². The molecule has 182 valence electrons. The first-order valence-corrected chi connectivity index (χ1v) is 12.8. The third kappa shape index (κ3) is 4.41. The van der Waals surface area contributed by atoms with Crippen LogP contribution in [-0.4, -0.2) is 41.3 Å². The summed E-state index contributed by atoms with van der Waals surface area (Å²) in [6.07, 6.45) is 4.86. The number of rotatable bonds is 3. The summed E-state index contributed by atoms with van der Waals surface area (Å²) in [4.78, 5) is 28.5. The minimum absolute atomic E-state index is 0.185. The van der Waals surface area contributed by atoms with Gasteiger partial charge in [0.1, 0.15) is 0 Å². The highest BCUT2D eigenvalue weighted by molar-refractivity contribution is 6.31. The zero-order chi connectivity index (χ0) is 24.6. The van der Waals surface area contributed by atoms with Gasteiger partial charge >= 0.3 is 0 Å². The van der Waals surface area contributed by atoms with Crippen molar-refractivity contribution in [3.05, 3.63) is 85.8 Å². The molecule has 1 saturated heterocycles. The monoisotopic (exact) mass is 518 g/mol. The number of H-pyrrole nitrogens is 1. The highest BCUT2D eigenvalue weighted by Gasteiger charge is 2.26. The van der Waals surface area contributed by atoms with Gasteiger partial charge in [0.15, 0.2) is 5.65 Å². The molecule has 0 amide bonds. The lowest BCUT2D eigenvalue weighted by atomic mass is 9.84. The van der Waals surface area contributed by atoms with E-state index in [1.165, 1.54) is 0 Å². The molecule has 8 heteroatoms. The number of hydrogen-bond donors (Lipinski definition) is 1. The van der Waals surface area contributed by atoms with Gasteiger partial charge in [-0.15, -0.1) is 0 Å². The number of aromatic amines is 1. The largest absolute Gasteiger partial charge is 0.378 e. The molecule has 1 aliphatic carbocycles. The van der Waals surface area contributed by atoms with Gasteiger partial charge in [-0.2, -0.15) is 4.98 Å². The van der Waals surface area contributed by atoms with E-state index in [1.807, 2.05) is 53.4 Å². The Morgan fingerprint density at radius 1 is 0.917 bits per heavy atom. The summed E-state index contributed by atoms with van der Waals surface area (Å²) in [5.74, 6) is 0.532.